The molecule has 0 radical (unpaired) electrons. The smallest absolute Gasteiger partial charge is 0.314 e. The summed E-state index contributed by atoms with van der Waals surface area (Å²) >= 11 is 0. The van der Waals surface area contributed by atoms with Crippen LogP contribution in [0.25, 0.3) is 0 Å². The Bertz CT molecular complexity index is 661. The van der Waals surface area contributed by atoms with Crippen LogP contribution in [0.5, 0.6) is 0 Å². The van der Waals surface area contributed by atoms with Gasteiger partial charge in [0, 0.05) is 0 Å². The second-order valence-corrected chi connectivity index (χ2v) is 10.6. The molecule has 2 bridgehead atoms. The van der Waals surface area contributed by atoms with Gasteiger partial charge in [-0.3, -0.25) is 4.79 Å². The molecule has 8 heteroatoms. The van der Waals surface area contributed by atoms with Crippen LogP contribution in [-0.2, 0) is 9.53 Å². The standard InChI is InChI=1S/C23H36O3.5H2S/c1-6-26-19(25)22(5)16-8-12-23-13-15(2)20(3,14-23)10-7-17(23)21(16,4)11-9-18(22)24;;;;;/h16-18,24H,2,6-14H2,1,3-5H3;5*1H2/t16-,17-,18?,20-,21?,22-,23?;;;;;/m0...../s1. The van der Waals surface area contributed by atoms with Gasteiger partial charge in [0.2, 0.25) is 0 Å². The third-order valence-electron chi connectivity index (χ3n) is 9.50. The maximum atomic E-state index is 13.0. The van der Waals surface area contributed by atoms with Gasteiger partial charge in [0.1, 0.15) is 0 Å². The molecule has 0 amide bonds. The molecule has 0 aliphatic heterocycles. The minimum absolute atomic E-state index is 0. The molecule has 4 saturated carbocycles. The van der Waals surface area contributed by atoms with Crippen LogP contribution in [0.15, 0.2) is 12.2 Å². The van der Waals surface area contributed by atoms with E-state index in [1.807, 2.05) is 13.8 Å². The molecule has 186 valence electrons. The van der Waals surface area contributed by atoms with Crippen LogP contribution in [0.1, 0.15) is 79.1 Å². The molecule has 4 aliphatic rings. The van der Waals surface area contributed by atoms with Gasteiger partial charge < -0.3 is 9.84 Å². The number of ether oxygens (including phenoxy) is 1. The van der Waals surface area contributed by atoms with E-state index in [0.717, 1.165) is 12.8 Å². The van der Waals surface area contributed by atoms with Gasteiger partial charge in [0.25, 0.3) is 0 Å². The first-order chi connectivity index (χ1) is 12.1. The van der Waals surface area contributed by atoms with Gasteiger partial charge >= 0.3 is 5.97 Å². The topological polar surface area (TPSA) is 46.5 Å². The Labute approximate surface area is 224 Å². The van der Waals surface area contributed by atoms with Gasteiger partial charge in [-0.25, -0.2) is 0 Å². The largest absolute Gasteiger partial charge is 0.465 e. The zero-order chi connectivity index (χ0) is 19.0. The molecule has 3 nitrogen and oxygen atoms in total. The predicted molar refractivity (Wildman–Crippen MR) is 154 cm³/mol. The van der Waals surface area contributed by atoms with E-state index >= 15 is 0 Å². The Morgan fingerprint density at radius 1 is 1.00 bits per heavy atom. The molecule has 3 unspecified atom stereocenters. The first-order valence-corrected chi connectivity index (χ1v) is 10.7. The summed E-state index contributed by atoms with van der Waals surface area (Å²) in [5, 5.41) is 10.9. The lowest BCUT2D eigenvalue weighted by atomic mass is 9.40. The number of allylic oxidation sites excluding steroid dienone is 1. The zero-order valence-electron chi connectivity index (χ0n) is 19.6. The number of rotatable bonds is 2. The molecule has 1 spiro atoms. The molecule has 4 rings (SSSR count). The van der Waals surface area contributed by atoms with Crippen molar-refractivity contribution in [2.45, 2.75) is 85.2 Å². The monoisotopic (exact) mass is 530 g/mol. The molecule has 4 aliphatic carbocycles. The maximum absolute atomic E-state index is 13.0. The summed E-state index contributed by atoms with van der Waals surface area (Å²) in [4.78, 5) is 13.0. The van der Waals surface area contributed by atoms with Crippen LogP contribution < -0.4 is 0 Å². The highest BCUT2D eigenvalue weighted by Crippen LogP contribution is 2.74. The van der Waals surface area contributed by atoms with Gasteiger partial charge in [0.05, 0.1) is 18.1 Å². The SMILES string of the molecule is C=C1CC23CC[C@H]4C(C)(CCC(O)[C@@]4(C)C(=O)OCC)[C@@H]2CC[C@@]1(C)C3.S.S.S.S.S. The van der Waals surface area contributed by atoms with Crippen molar-refractivity contribution in [3.63, 3.8) is 0 Å². The zero-order valence-corrected chi connectivity index (χ0v) is 24.6. The van der Waals surface area contributed by atoms with Crippen molar-refractivity contribution in [2.75, 3.05) is 6.61 Å². The van der Waals surface area contributed by atoms with Crippen LogP contribution in [-0.4, -0.2) is 23.8 Å². The molecule has 4 fully saturated rings. The molecule has 0 heterocycles. The van der Waals surface area contributed by atoms with Crippen molar-refractivity contribution < 1.29 is 14.6 Å². The van der Waals surface area contributed by atoms with Gasteiger partial charge in [-0.1, -0.05) is 26.0 Å². The van der Waals surface area contributed by atoms with Crippen molar-refractivity contribution in [3.05, 3.63) is 12.2 Å². The molecule has 7 atom stereocenters. The highest BCUT2D eigenvalue weighted by molar-refractivity contribution is 7.60. The van der Waals surface area contributed by atoms with E-state index in [1.54, 1.807) is 0 Å². The van der Waals surface area contributed by atoms with Gasteiger partial charge in [-0.05, 0) is 93.3 Å². The Kier molecular flexibility index (Phi) is 12.2. The van der Waals surface area contributed by atoms with Gasteiger partial charge in [-0.15, -0.1) is 0 Å². The highest BCUT2D eigenvalue weighted by atomic mass is 32.1. The van der Waals surface area contributed by atoms with Crippen LogP contribution in [0, 0.1) is 33.5 Å². The number of carbonyl (C=O) groups excluding carboxylic acids is 1. The fourth-order valence-corrected chi connectivity index (χ4v) is 8.15. The second kappa shape index (κ2) is 11.1. The Morgan fingerprint density at radius 3 is 2.16 bits per heavy atom. The molecule has 1 N–H and O–H groups in total. The molecule has 31 heavy (non-hydrogen) atoms. The molecule has 0 aromatic heterocycles. The molecule has 0 saturated heterocycles. The van der Waals surface area contributed by atoms with E-state index in [1.165, 1.54) is 37.7 Å². The first kappa shape index (κ1) is 34.1. The summed E-state index contributed by atoms with van der Waals surface area (Å²) in [6, 6.07) is 0. The number of hydrogen-bond acceptors (Lipinski definition) is 3. The fourth-order valence-electron chi connectivity index (χ4n) is 8.15. The number of aliphatic hydroxyl groups excluding tert-OH is 1. The first-order valence-electron chi connectivity index (χ1n) is 10.7. The van der Waals surface area contributed by atoms with Crippen molar-refractivity contribution in [3.8, 4) is 0 Å². The maximum Gasteiger partial charge on any atom is 0.314 e. The fraction of sp³-hybridized carbons (Fsp3) is 0.870. The van der Waals surface area contributed by atoms with E-state index in [0.29, 0.717) is 29.8 Å². The van der Waals surface area contributed by atoms with E-state index in [4.69, 9.17) is 4.74 Å². The number of fused-ring (bicyclic) bond motifs is 3. The Hall–Kier alpha value is 0.920. The minimum Gasteiger partial charge on any atom is -0.465 e. The molecule has 0 aromatic rings. The predicted octanol–water partition coefficient (Wildman–Crippen LogP) is 5.44. The van der Waals surface area contributed by atoms with Crippen LogP contribution in [0.3, 0.4) is 0 Å². The third kappa shape index (κ3) is 4.61. The molecule has 0 aromatic carbocycles. The van der Waals surface area contributed by atoms with Gasteiger partial charge in [-0.2, -0.15) is 67.5 Å². The number of esters is 1. The summed E-state index contributed by atoms with van der Waals surface area (Å²) in [6.07, 6.45) is 8.31. The summed E-state index contributed by atoms with van der Waals surface area (Å²) in [7, 11) is 0. The third-order valence-corrected chi connectivity index (χ3v) is 9.50. The van der Waals surface area contributed by atoms with Crippen molar-refractivity contribution >= 4 is 73.4 Å². The minimum atomic E-state index is -0.763. The summed E-state index contributed by atoms with van der Waals surface area (Å²) < 4.78 is 5.46. The number of hydrogen-bond donors (Lipinski definition) is 1. The number of carbonyl (C=O) groups is 1. The molecular weight excluding hydrogens is 485 g/mol. The Morgan fingerprint density at radius 2 is 1.58 bits per heavy atom. The van der Waals surface area contributed by atoms with Crippen molar-refractivity contribution in [2.24, 2.45) is 33.5 Å². The Balaban J connectivity index is 0. The van der Waals surface area contributed by atoms with Crippen LogP contribution in [0.4, 0.5) is 0 Å². The van der Waals surface area contributed by atoms with Crippen molar-refractivity contribution in [1.29, 1.82) is 0 Å². The molecular formula is C23H46O3S5. The van der Waals surface area contributed by atoms with Crippen LogP contribution >= 0.6 is 67.5 Å². The van der Waals surface area contributed by atoms with E-state index in [-0.39, 0.29) is 84.8 Å². The second-order valence-electron chi connectivity index (χ2n) is 10.6. The normalized spacial score (nSPS) is 44.4. The number of aliphatic hydroxyl groups is 1. The van der Waals surface area contributed by atoms with E-state index < -0.39 is 11.5 Å². The van der Waals surface area contributed by atoms with E-state index in [2.05, 4.69) is 20.4 Å². The summed E-state index contributed by atoms with van der Waals surface area (Å²) in [5.74, 6) is 0.671. The highest BCUT2D eigenvalue weighted by Gasteiger charge is 2.68. The average molecular weight is 531 g/mol. The lowest BCUT2D eigenvalue weighted by molar-refractivity contribution is -0.209. The van der Waals surface area contributed by atoms with Gasteiger partial charge in [0.15, 0.2) is 0 Å². The lowest BCUT2D eigenvalue weighted by Gasteiger charge is -2.64. The summed E-state index contributed by atoms with van der Waals surface area (Å²) in [6.45, 7) is 13.5. The quantitative estimate of drug-likeness (QED) is 0.382. The van der Waals surface area contributed by atoms with E-state index in [9.17, 15) is 9.90 Å². The average Bonchev–Trinajstić information content (AvgIpc) is 2.76. The lowest BCUT2D eigenvalue weighted by Crippen LogP contribution is -2.62. The van der Waals surface area contributed by atoms with Crippen LogP contribution in [0.2, 0.25) is 0 Å². The van der Waals surface area contributed by atoms with Crippen molar-refractivity contribution in [1.82, 2.24) is 0 Å². The summed E-state index contributed by atoms with van der Waals surface area (Å²) in [5.41, 5.74) is 1.53.